The van der Waals surface area contributed by atoms with Crippen LogP contribution >= 0.6 is 0 Å². The molecule has 0 saturated carbocycles. The molecule has 0 N–H and O–H groups in total. The Bertz CT molecular complexity index is 249. The Labute approximate surface area is 75.9 Å². The lowest BCUT2D eigenvalue weighted by atomic mass is 10.3. The van der Waals surface area contributed by atoms with E-state index in [4.69, 9.17) is 4.74 Å². The molecule has 1 aliphatic rings. The van der Waals surface area contributed by atoms with Crippen molar-refractivity contribution in [3.63, 3.8) is 0 Å². The molecule has 0 aliphatic carbocycles. The van der Waals surface area contributed by atoms with Gasteiger partial charge in [0.1, 0.15) is 6.61 Å². The zero-order chi connectivity index (χ0) is 9.84. The van der Waals surface area contributed by atoms with Gasteiger partial charge in [-0.1, -0.05) is 6.08 Å². The first-order chi connectivity index (χ1) is 6.15. The Morgan fingerprint density at radius 3 is 2.92 bits per heavy atom. The largest absolute Gasteiger partial charge is 0.466 e. The van der Waals surface area contributed by atoms with E-state index < -0.39 is 5.97 Å². The number of methoxy groups -OCH3 is 1. The molecular weight excluding hydrogens is 174 g/mol. The van der Waals surface area contributed by atoms with E-state index in [0.29, 0.717) is 0 Å². The fraction of sp³-hybridized carbons (Fsp3) is 0.500. The summed E-state index contributed by atoms with van der Waals surface area (Å²) in [7, 11) is 2.91. The van der Waals surface area contributed by atoms with Crippen LogP contribution in [-0.4, -0.2) is 43.8 Å². The van der Waals surface area contributed by atoms with Crippen molar-refractivity contribution < 1.29 is 19.1 Å². The first-order valence-corrected chi connectivity index (χ1v) is 3.81. The first kappa shape index (κ1) is 9.57. The number of nitrogens with zero attached hydrogens (tertiary/aromatic N) is 1. The Morgan fingerprint density at radius 2 is 2.46 bits per heavy atom. The number of cyclic esters (lactones) is 1. The number of amides is 1. The molecule has 1 fully saturated rings. The fourth-order valence-electron chi connectivity index (χ4n) is 0.948. The SMILES string of the molecule is COC(=O)/C=C/[C@H]1COC(=O)N1C. The van der Waals surface area contributed by atoms with Crippen LogP contribution in [0, 0.1) is 0 Å². The Morgan fingerprint density at radius 1 is 1.77 bits per heavy atom. The van der Waals surface area contributed by atoms with Gasteiger partial charge < -0.3 is 14.4 Å². The van der Waals surface area contributed by atoms with E-state index in [1.165, 1.54) is 18.1 Å². The maximum atomic E-state index is 10.9. The summed E-state index contributed by atoms with van der Waals surface area (Å²) in [5.41, 5.74) is 0. The molecular formula is C8H11NO4. The summed E-state index contributed by atoms with van der Waals surface area (Å²) in [5, 5.41) is 0. The fourth-order valence-corrected chi connectivity index (χ4v) is 0.948. The van der Waals surface area contributed by atoms with Crippen molar-refractivity contribution in [2.45, 2.75) is 6.04 Å². The van der Waals surface area contributed by atoms with Gasteiger partial charge in [0.05, 0.1) is 13.2 Å². The second-order valence-corrected chi connectivity index (χ2v) is 2.64. The van der Waals surface area contributed by atoms with E-state index in [0.717, 1.165) is 0 Å². The van der Waals surface area contributed by atoms with Crippen LogP contribution in [0.3, 0.4) is 0 Å². The topological polar surface area (TPSA) is 55.8 Å². The zero-order valence-electron chi connectivity index (χ0n) is 7.52. The summed E-state index contributed by atoms with van der Waals surface area (Å²) in [5.74, 6) is -0.437. The lowest BCUT2D eigenvalue weighted by molar-refractivity contribution is -0.134. The van der Waals surface area contributed by atoms with Gasteiger partial charge in [-0.2, -0.15) is 0 Å². The van der Waals surface area contributed by atoms with Gasteiger partial charge in [0.15, 0.2) is 0 Å². The number of hydrogen-bond acceptors (Lipinski definition) is 4. The second-order valence-electron chi connectivity index (χ2n) is 2.64. The summed E-state index contributed by atoms with van der Waals surface area (Å²) in [4.78, 5) is 23.0. The monoisotopic (exact) mass is 185 g/mol. The first-order valence-electron chi connectivity index (χ1n) is 3.81. The van der Waals surface area contributed by atoms with Gasteiger partial charge in [-0.05, 0) is 0 Å². The van der Waals surface area contributed by atoms with Gasteiger partial charge in [0, 0.05) is 13.1 Å². The molecule has 5 heteroatoms. The van der Waals surface area contributed by atoms with E-state index >= 15 is 0 Å². The van der Waals surface area contributed by atoms with Crippen molar-refractivity contribution in [3.8, 4) is 0 Å². The zero-order valence-corrected chi connectivity index (χ0v) is 7.52. The van der Waals surface area contributed by atoms with Crippen LogP contribution in [-0.2, 0) is 14.3 Å². The van der Waals surface area contributed by atoms with Gasteiger partial charge in [-0.25, -0.2) is 9.59 Å². The average Bonchev–Trinajstić information content (AvgIpc) is 2.44. The molecule has 1 rings (SSSR count). The van der Waals surface area contributed by atoms with E-state index in [9.17, 15) is 9.59 Å². The molecule has 0 unspecified atom stereocenters. The van der Waals surface area contributed by atoms with Crippen LogP contribution in [0.5, 0.6) is 0 Å². The minimum absolute atomic E-state index is 0.174. The standard InChI is InChI=1S/C8H11NO4/c1-9-6(5-13-8(9)11)3-4-7(10)12-2/h3-4,6H,5H2,1-2H3/b4-3+/t6-/m0/s1. The molecule has 1 heterocycles. The predicted molar refractivity (Wildman–Crippen MR) is 44.1 cm³/mol. The lowest BCUT2D eigenvalue weighted by Gasteiger charge is -2.10. The highest BCUT2D eigenvalue weighted by Crippen LogP contribution is 2.10. The van der Waals surface area contributed by atoms with Crippen molar-refractivity contribution in [3.05, 3.63) is 12.2 Å². The lowest BCUT2D eigenvalue weighted by Crippen LogP contribution is -2.27. The Balaban J connectivity index is 2.50. The minimum atomic E-state index is -0.437. The number of hydrogen-bond donors (Lipinski definition) is 0. The normalized spacial score (nSPS) is 22.2. The quantitative estimate of drug-likeness (QED) is 0.454. The summed E-state index contributed by atoms with van der Waals surface area (Å²) < 4.78 is 9.13. The van der Waals surface area contributed by atoms with Crippen LogP contribution in [0.1, 0.15) is 0 Å². The highest BCUT2D eigenvalue weighted by Gasteiger charge is 2.27. The van der Waals surface area contributed by atoms with Gasteiger partial charge in [0.25, 0.3) is 0 Å². The number of likely N-dealkylation sites (N-methyl/N-ethyl adjacent to an activating group) is 1. The molecule has 1 amide bonds. The molecule has 13 heavy (non-hydrogen) atoms. The molecule has 0 bridgehead atoms. The minimum Gasteiger partial charge on any atom is -0.466 e. The number of carbonyl (C=O) groups excluding carboxylic acids is 2. The van der Waals surface area contributed by atoms with Crippen LogP contribution < -0.4 is 0 Å². The Hall–Kier alpha value is -1.52. The van der Waals surface area contributed by atoms with Crippen LogP contribution in [0.15, 0.2) is 12.2 Å². The van der Waals surface area contributed by atoms with Crippen LogP contribution in [0.4, 0.5) is 4.79 Å². The summed E-state index contributed by atoms with van der Waals surface area (Å²) in [6, 6.07) is -0.174. The molecule has 1 aliphatic heterocycles. The number of carbonyl (C=O) groups is 2. The van der Waals surface area contributed by atoms with Gasteiger partial charge >= 0.3 is 12.1 Å². The van der Waals surface area contributed by atoms with Crippen molar-refractivity contribution in [2.24, 2.45) is 0 Å². The average molecular weight is 185 g/mol. The molecule has 0 aromatic heterocycles. The van der Waals surface area contributed by atoms with Gasteiger partial charge in [-0.3, -0.25) is 0 Å². The highest BCUT2D eigenvalue weighted by molar-refractivity contribution is 5.82. The van der Waals surface area contributed by atoms with E-state index in [-0.39, 0.29) is 18.7 Å². The van der Waals surface area contributed by atoms with E-state index in [1.807, 2.05) is 0 Å². The highest BCUT2D eigenvalue weighted by atomic mass is 16.6. The third-order valence-corrected chi connectivity index (χ3v) is 1.82. The van der Waals surface area contributed by atoms with Crippen molar-refractivity contribution in [2.75, 3.05) is 20.8 Å². The molecule has 0 aromatic rings. The third kappa shape index (κ3) is 2.21. The maximum Gasteiger partial charge on any atom is 0.410 e. The van der Waals surface area contributed by atoms with Crippen molar-refractivity contribution >= 4 is 12.1 Å². The molecule has 5 nitrogen and oxygen atoms in total. The summed E-state index contributed by atoms with van der Waals surface area (Å²) in [6.07, 6.45) is 2.49. The molecule has 0 aromatic carbocycles. The molecule has 0 radical (unpaired) electrons. The number of ether oxygens (including phenoxy) is 2. The summed E-state index contributed by atoms with van der Waals surface area (Å²) in [6.45, 7) is 0.281. The van der Waals surface area contributed by atoms with Crippen molar-refractivity contribution in [1.82, 2.24) is 4.90 Å². The van der Waals surface area contributed by atoms with E-state index in [1.54, 1.807) is 13.1 Å². The van der Waals surface area contributed by atoms with Crippen LogP contribution in [0.25, 0.3) is 0 Å². The molecule has 72 valence electrons. The smallest absolute Gasteiger partial charge is 0.410 e. The van der Waals surface area contributed by atoms with E-state index in [2.05, 4.69) is 4.74 Å². The second kappa shape index (κ2) is 3.93. The maximum absolute atomic E-state index is 10.9. The van der Waals surface area contributed by atoms with Gasteiger partial charge in [-0.15, -0.1) is 0 Å². The van der Waals surface area contributed by atoms with Crippen LogP contribution in [0.2, 0.25) is 0 Å². The van der Waals surface area contributed by atoms with Crippen molar-refractivity contribution in [1.29, 1.82) is 0 Å². The molecule has 1 atom stereocenters. The molecule has 0 spiro atoms. The predicted octanol–water partition coefficient (Wildman–Crippen LogP) is 0.166. The number of esters is 1. The summed E-state index contributed by atoms with van der Waals surface area (Å²) >= 11 is 0. The third-order valence-electron chi connectivity index (χ3n) is 1.82. The Kier molecular flexibility index (Phi) is 2.89. The number of rotatable bonds is 2. The van der Waals surface area contributed by atoms with Gasteiger partial charge in [0.2, 0.25) is 0 Å². The molecule has 1 saturated heterocycles.